The summed E-state index contributed by atoms with van der Waals surface area (Å²) in [7, 11) is 0. The monoisotopic (exact) mass is 183 g/mol. The minimum Gasteiger partial charge on any atom is -0.458 e. The molecule has 2 aliphatic rings. The molecular formula is C9H13NO3. The lowest BCUT2D eigenvalue weighted by Gasteiger charge is -2.46. The van der Waals surface area contributed by atoms with Gasteiger partial charge in [0.2, 0.25) is 5.91 Å². The zero-order chi connectivity index (χ0) is 9.47. The summed E-state index contributed by atoms with van der Waals surface area (Å²) in [5, 5.41) is 0. The number of carbonyl (C=O) groups excluding carboxylic acids is 2. The van der Waals surface area contributed by atoms with E-state index in [1.54, 1.807) is 11.8 Å². The van der Waals surface area contributed by atoms with Crippen molar-refractivity contribution in [3.8, 4) is 0 Å². The van der Waals surface area contributed by atoms with Crippen LogP contribution in [0.15, 0.2) is 0 Å². The van der Waals surface area contributed by atoms with Gasteiger partial charge in [-0.2, -0.15) is 0 Å². The number of piperidine rings is 1. The number of hydrogen-bond acceptors (Lipinski definition) is 3. The number of amides is 1. The molecule has 0 saturated carbocycles. The molecule has 0 aliphatic carbocycles. The molecule has 2 fully saturated rings. The number of ether oxygens (including phenoxy) is 1. The van der Waals surface area contributed by atoms with Crippen molar-refractivity contribution in [2.45, 2.75) is 31.8 Å². The van der Waals surface area contributed by atoms with Gasteiger partial charge in [0.1, 0.15) is 5.60 Å². The largest absolute Gasteiger partial charge is 0.458 e. The first-order valence-electron chi connectivity index (χ1n) is 4.59. The van der Waals surface area contributed by atoms with Crippen LogP contribution in [0.4, 0.5) is 0 Å². The third-order valence-electron chi connectivity index (χ3n) is 2.92. The lowest BCUT2D eigenvalue weighted by atomic mass is 9.84. The zero-order valence-electron chi connectivity index (χ0n) is 7.71. The van der Waals surface area contributed by atoms with Crippen molar-refractivity contribution < 1.29 is 14.3 Å². The van der Waals surface area contributed by atoms with E-state index in [1.165, 1.54) is 0 Å². The number of esters is 1. The van der Waals surface area contributed by atoms with Gasteiger partial charge >= 0.3 is 5.97 Å². The van der Waals surface area contributed by atoms with Crippen LogP contribution < -0.4 is 0 Å². The highest BCUT2D eigenvalue weighted by Crippen LogP contribution is 2.37. The summed E-state index contributed by atoms with van der Waals surface area (Å²) in [5.74, 6) is 0.0109. The molecule has 0 unspecified atom stereocenters. The van der Waals surface area contributed by atoms with Crippen molar-refractivity contribution in [3.63, 3.8) is 0 Å². The van der Waals surface area contributed by atoms with Crippen LogP contribution in [0.25, 0.3) is 0 Å². The summed E-state index contributed by atoms with van der Waals surface area (Å²) in [6.07, 6.45) is 2.15. The van der Waals surface area contributed by atoms with E-state index in [2.05, 4.69) is 0 Å². The maximum absolute atomic E-state index is 11.0. The molecule has 0 aromatic carbocycles. The molecule has 1 amide bonds. The second-order valence-electron chi connectivity index (χ2n) is 3.84. The predicted molar refractivity (Wildman–Crippen MR) is 44.9 cm³/mol. The van der Waals surface area contributed by atoms with Gasteiger partial charge < -0.3 is 9.64 Å². The molecule has 0 atom stereocenters. The van der Waals surface area contributed by atoms with Crippen molar-refractivity contribution >= 4 is 11.9 Å². The summed E-state index contributed by atoms with van der Waals surface area (Å²) < 4.78 is 5.12. The Balaban J connectivity index is 1.90. The van der Waals surface area contributed by atoms with Crippen LogP contribution in [-0.4, -0.2) is 35.5 Å². The van der Waals surface area contributed by atoms with Crippen molar-refractivity contribution in [1.82, 2.24) is 4.90 Å². The Hall–Kier alpha value is -1.06. The van der Waals surface area contributed by atoms with Gasteiger partial charge in [0.15, 0.2) is 0 Å². The highest BCUT2D eigenvalue weighted by atomic mass is 16.6. The van der Waals surface area contributed by atoms with Gasteiger partial charge in [-0.15, -0.1) is 0 Å². The lowest BCUT2D eigenvalue weighted by Crippen LogP contribution is -2.55. The molecule has 4 heteroatoms. The molecule has 2 aliphatic heterocycles. The van der Waals surface area contributed by atoms with E-state index >= 15 is 0 Å². The number of rotatable bonds is 0. The molecule has 0 radical (unpaired) electrons. The standard InChI is InChI=1S/C9H13NO3/c1-7(11)10-4-2-9(3-5-10)6-8(12)13-9/h2-6H2,1H3. The molecule has 0 bridgehead atoms. The lowest BCUT2D eigenvalue weighted by molar-refractivity contribution is -0.199. The van der Waals surface area contributed by atoms with Crippen LogP contribution in [0.1, 0.15) is 26.2 Å². The third-order valence-corrected chi connectivity index (χ3v) is 2.92. The smallest absolute Gasteiger partial charge is 0.310 e. The fourth-order valence-electron chi connectivity index (χ4n) is 2.00. The quantitative estimate of drug-likeness (QED) is 0.508. The van der Waals surface area contributed by atoms with Gasteiger partial charge in [-0.05, 0) is 0 Å². The SMILES string of the molecule is CC(=O)N1CCC2(CC1)CC(=O)O2. The van der Waals surface area contributed by atoms with E-state index in [9.17, 15) is 9.59 Å². The zero-order valence-corrected chi connectivity index (χ0v) is 7.71. The number of likely N-dealkylation sites (tertiary alicyclic amines) is 1. The molecule has 2 saturated heterocycles. The van der Waals surface area contributed by atoms with E-state index in [0.717, 1.165) is 25.9 Å². The first-order chi connectivity index (χ1) is 6.11. The summed E-state index contributed by atoms with van der Waals surface area (Å²) in [5.41, 5.74) is -0.205. The topological polar surface area (TPSA) is 46.6 Å². The first-order valence-corrected chi connectivity index (χ1v) is 4.59. The summed E-state index contributed by atoms with van der Waals surface area (Å²) in [6, 6.07) is 0. The average Bonchev–Trinajstić information content (AvgIpc) is 2.03. The summed E-state index contributed by atoms with van der Waals surface area (Å²) in [6.45, 7) is 3.02. The second-order valence-corrected chi connectivity index (χ2v) is 3.84. The Morgan fingerprint density at radius 3 is 2.38 bits per heavy atom. The van der Waals surface area contributed by atoms with E-state index < -0.39 is 0 Å². The van der Waals surface area contributed by atoms with Gasteiger partial charge in [0, 0.05) is 32.9 Å². The number of carbonyl (C=O) groups is 2. The molecule has 2 heterocycles. The highest BCUT2D eigenvalue weighted by molar-refractivity contribution is 5.77. The minimum atomic E-state index is -0.205. The predicted octanol–water partition coefficient (Wildman–Crippen LogP) is 0.314. The Morgan fingerprint density at radius 1 is 1.46 bits per heavy atom. The fourth-order valence-corrected chi connectivity index (χ4v) is 2.00. The van der Waals surface area contributed by atoms with Crippen molar-refractivity contribution in [3.05, 3.63) is 0 Å². The normalized spacial score (nSPS) is 25.3. The summed E-state index contributed by atoms with van der Waals surface area (Å²) >= 11 is 0. The van der Waals surface area contributed by atoms with Gasteiger partial charge in [-0.1, -0.05) is 0 Å². The molecule has 4 nitrogen and oxygen atoms in total. The minimum absolute atomic E-state index is 0.101. The molecule has 0 aromatic rings. The van der Waals surface area contributed by atoms with Crippen molar-refractivity contribution in [1.29, 1.82) is 0 Å². The van der Waals surface area contributed by atoms with E-state index in [-0.39, 0.29) is 17.5 Å². The van der Waals surface area contributed by atoms with Gasteiger partial charge in [0.05, 0.1) is 6.42 Å². The fraction of sp³-hybridized carbons (Fsp3) is 0.778. The number of nitrogens with zero attached hydrogens (tertiary/aromatic N) is 1. The van der Waals surface area contributed by atoms with Crippen LogP contribution in [0.3, 0.4) is 0 Å². The van der Waals surface area contributed by atoms with Crippen LogP contribution in [0.5, 0.6) is 0 Å². The summed E-state index contributed by atoms with van der Waals surface area (Å²) in [4.78, 5) is 23.5. The van der Waals surface area contributed by atoms with Crippen molar-refractivity contribution in [2.75, 3.05) is 13.1 Å². The van der Waals surface area contributed by atoms with E-state index in [1.807, 2.05) is 0 Å². The highest BCUT2D eigenvalue weighted by Gasteiger charge is 2.47. The average molecular weight is 183 g/mol. The molecule has 1 spiro atoms. The van der Waals surface area contributed by atoms with Crippen LogP contribution in [0.2, 0.25) is 0 Å². The van der Waals surface area contributed by atoms with Crippen LogP contribution in [-0.2, 0) is 14.3 Å². The van der Waals surface area contributed by atoms with Crippen molar-refractivity contribution in [2.24, 2.45) is 0 Å². The maximum Gasteiger partial charge on any atom is 0.310 e. The van der Waals surface area contributed by atoms with Crippen LogP contribution >= 0.6 is 0 Å². The van der Waals surface area contributed by atoms with Crippen LogP contribution in [0, 0.1) is 0 Å². The second kappa shape index (κ2) is 2.72. The first kappa shape index (κ1) is 8.53. The molecule has 2 rings (SSSR count). The Morgan fingerprint density at radius 2 is 2.00 bits per heavy atom. The Bertz CT molecular complexity index is 244. The van der Waals surface area contributed by atoms with Gasteiger partial charge in [-0.3, -0.25) is 9.59 Å². The maximum atomic E-state index is 11.0. The van der Waals surface area contributed by atoms with E-state index in [0.29, 0.717) is 6.42 Å². The molecular weight excluding hydrogens is 170 g/mol. The Labute approximate surface area is 76.8 Å². The molecule has 13 heavy (non-hydrogen) atoms. The van der Waals surface area contributed by atoms with Gasteiger partial charge in [-0.25, -0.2) is 0 Å². The van der Waals surface area contributed by atoms with E-state index in [4.69, 9.17) is 4.74 Å². The molecule has 72 valence electrons. The number of hydrogen-bond donors (Lipinski definition) is 0. The molecule has 0 aromatic heterocycles. The molecule has 0 N–H and O–H groups in total. The Kier molecular flexibility index (Phi) is 1.78. The van der Waals surface area contributed by atoms with Gasteiger partial charge in [0.25, 0.3) is 0 Å². The third kappa shape index (κ3) is 1.41.